The highest BCUT2D eigenvalue weighted by Crippen LogP contribution is 2.20. The number of esters is 1. The van der Waals surface area contributed by atoms with Gasteiger partial charge in [-0.1, -0.05) is 36.3 Å². The first-order valence-electron chi connectivity index (χ1n) is 8.13. The summed E-state index contributed by atoms with van der Waals surface area (Å²) < 4.78 is 4.95. The Morgan fingerprint density at radius 1 is 1.28 bits per heavy atom. The number of aromatic nitrogens is 1. The van der Waals surface area contributed by atoms with Crippen molar-refractivity contribution in [2.45, 2.75) is 20.0 Å². The van der Waals surface area contributed by atoms with Gasteiger partial charge in [0.1, 0.15) is 5.69 Å². The molecule has 2 heterocycles. The van der Waals surface area contributed by atoms with Crippen LogP contribution < -0.4 is 5.32 Å². The van der Waals surface area contributed by atoms with E-state index in [9.17, 15) is 9.59 Å². The van der Waals surface area contributed by atoms with Gasteiger partial charge in [-0.05, 0) is 18.4 Å². The Balaban J connectivity index is 1.66. The molecule has 0 fully saturated rings. The Kier molecular flexibility index (Phi) is 4.92. The number of nitrogens with zero attached hydrogens (tertiary/aromatic N) is 2. The second-order valence-corrected chi connectivity index (χ2v) is 5.71. The summed E-state index contributed by atoms with van der Waals surface area (Å²) in [5.74, 6) is -1.01. The van der Waals surface area contributed by atoms with Crippen LogP contribution in [0.1, 0.15) is 24.3 Å². The van der Waals surface area contributed by atoms with Crippen molar-refractivity contribution in [3.05, 3.63) is 42.2 Å². The lowest BCUT2D eigenvalue weighted by Gasteiger charge is -2.13. The van der Waals surface area contributed by atoms with Crippen LogP contribution >= 0.6 is 0 Å². The van der Waals surface area contributed by atoms with Gasteiger partial charge in [0.15, 0.2) is 0 Å². The van der Waals surface area contributed by atoms with Crippen molar-refractivity contribution >= 4 is 28.4 Å². The molecule has 2 aromatic rings. The van der Waals surface area contributed by atoms with Gasteiger partial charge in [0, 0.05) is 11.6 Å². The number of pyridine rings is 1. The molecule has 0 saturated heterocycles. The van der Waals surface area contributed by atoms with Crippen molar-refractivity contribution in [3.63, 3.8) is 0 Å². The van der Waals surface area contributed by atoms with Crippen molar-refractivity contribution in [1.29, 1.82) is 0 Å². The van der Waals surface area contributed by atoms with E-state index < -0.39 is 12.1 Å². The Labute approximate surface area is 145 Å². The zero-order valence-corrected chi connectivity index (χ0v) is 14.1. The molecule has 2 unspecified atom stereocenters. The topological polar surface area (TPSA) is 89.9 Å². The molecule has 7 heteroatoms. The zero-order valence-electron chi connectivity index (χ0n) is 14.1. The van der Waals surface area contributed by atoms with E-state index in [2.05, 4.69) is 15.5 Å². The van der Waals surface area contributed by atoms with E-state index in [-0.39, 0.29) is 25.0 Å². The smallest absolute Gasteiger partial charge is 0.350 e. The Bertz CT molecular complexity index is 829. The number of fused-ring (bicyclic) bond motifs is 1. The summed E-state index contributed by atoms with van der Waals surface area (Å²) >= 11 is 0. The molecule has 0 spiro atoms. The fourth-order valence-corrected chi connectivity index (χ4v) is 2.69. The third kappa shape index (κ3) is 3.45. The van der Waals surface area contributed by atoms with Gasteiger partial charge < -0.3 is 14.9 Å². The van der Waals surface area contributed by atoms with Crippen LogP contribution in [0.4, 0.5) is 0 Å². The van der Waals surface area contributed by atoms with E-state index in [1.54, 1.807) is 13.1 Å². The molecule has 1 aliphatic rings. The first-order chi connectivity index (χ1) is 12.1. The molecule has 0 radical (unpaired) electrons. The van der Waals surface area contributed by atoms with E-state index in [1.807, 2.05) is 37.3 Å². The van der Waals surface area contributed by atoms with Crippen LogP contribution in [0.2, 0.25) is 0 Å². The van der Waals surface area contributed by atoms with Gasteiger partial charge >= 0.3 is 5.97 Å². The molecule has 7 nitrogen and oxygen atoms in total. The van der Waals surface area contributed by atoms with Crippen molar-refractivity contribution in [3.8, 4) is 0 Å². The molecule has 25 heavy (non-hydrogen) atoms. The van der Waals surface area contributed by atoms with Crippen LogP contribution in [-0.2, 0) is 14.4 Å². The van der Waals surface area contributed by atoms with Gasteiger partial charge in [0.2, 0.25) is 6.10 Å². The maximum absolute atomic E-state index is 12.5. The number of hydrogen-bond donors (Lipinski definition) is 1. The number of ether oxygens (including phenoxy) is 1. The van der Waals surface area contributed by atoms with Gasteiger partial charge in [-0.2, -0.15) is 0 Å². The summed E-state index contributed by atoms with van der Waals surface area (Å²) in [6.07, 6.45) is 0.842. The van der Waals surface area contributed by atoms with Gasteiger partial charge in [-0.3, -0.25) is 9.78 Å². The quantitative estimate of drug-likeness (QED) is 0.839. The molecule has 1 aromatic heterocycles. The third-order valence-electron chi connectivity index (χ3n) is 4.10. The molecule has 0 aliphatic carbocycles. The standard InChI is InChI=1S/C18H19N3O4/c1-3-24-18(23)16-11(2)14(21-25-16)10-20-17(22)15-13-7-5-4-6-12(13)8-9-19-15/h4-9,11,16H,3,10H2,1-2H3,(H,20,22). The second kappa shape index (κ2) is 7.29. The minimum absolute atomic E-state index is 0.181. The number of oxime groups is 1. The summed E-state index contributed by atoms with van der Waals surface area (Å²) in [6, 6.07) is 9.40. The van der Waals surface area contributed by atoms with E-state index in [1.165, 1.54) is 0 Å². The molecule has 1 amide bonds. The number of benzene rings is 1. The van der Waals surface area contributed by atoms with Crippen LogP contribution in [0.3, 0.4) is 0 Å². The lowest BCUT2D eigenvalue weighted by atomic mass is 9.99. The number of carbonyl (C=O) groups excluding carboxylic acids is 2. The third-order valence-corrected chi connectivity index (χ3v) is 4.10. The minimum Gasteiger partial charge on any atom is -0.463 e. The highest BCUT2D eigenvalue weighted by Gasteiger charge is 2.37. The molecule has 0 saturated carbocycles. The lowest BCUT2D eigenvalue weighted by molar-refractivity contribution is -0.156. The van der Waals surface area contributed by atoms with E-state index in [0.29, 0.717) is 11.4 Å². The normalized spacial score (nSPS) is 19.2. The van der Waals surface area contributed by atoms with Crippen LogP contribution in [0.25, 0.3) is 10.8 Å². The first-order valence-corrected chi connectivity index (χ1v) is 8.13. The van der Waals surface area contributed by atoms with Crippen molar-refractivity contribution < 1.29 is 19.2 Å². The largest absolute Gasteiger partial charge is 0.463 e. The van der Waals surface area contributed by atoms with Crippen molar-refractivity contribution in [2.24, 2.45) is 11.1 Å². The number of nitrogens with one attached hydrogen (secondary N) is 1. The lowest BCUT2D eigenvalue weighted by Crippen LogP contribution is -2.36. The van der Waals surface area contributed by atoms with Crippen LogP contribution in [-0.4, -0.2) is 41.8 Å². The molecule has 130 valence electrons. The second-order valence-electron chi connectivity index (χ2n) is 5.71. The molecule has 3 rings (SSSR count). The van der Waals surface area contributed by atoms with E-state index >= 15 is 0 Å². The Morgan fingerprint density at radius 2 is 2.08 bits per heavy atom. The van der Waals surface area contributed by atoms with Crippen LogP contribution in [0, 0.1) is 5.92 Å². The highest BCUT2D eigenvalue weighted by molar-refractivity contribution is 6.06. The number of amides is 1. The number of rotatable bonds is 5. The highest BCUT2D eigenvalue weighted by atomic mass is 16.7. The van der Waals surface area contributed by atoms with Gasteiger partial charge in [0.25, 0.3) is 5.91 Å². The fourth-order valence-electron chi connectivity index (χ4n) is 2.69. The van der Waals surface area contributed by atoms with Crippen molar-refractivity contribution in [1.82, 2.24) is 10.3 Å². The predicted octanol–water partition coefficient (Wildman–Crippen LogP) is 1.92. The Hall–Kier alpha value is -2.96. The average Bonchev–Trinajstić information content (AvgIpc) is 3.00. The molecule has 1 aliphatic heterocycles. The minimum atomic E-state index is -0.762. The predicted molar refractivity (Wildman–Crippen MR) is 92.2 cm³/mol. The van der Waals surface area contributed by atoms with Crippen LogP contribution in [0.5, 0.6) is 0 Å². The summed E-state index contributed by atoms with van der Waals surface area (Å²) in [6.45, 7) is 4.01. The van der Waals surface area contributed by atoms with Gasteiger partial charge in [-0.25, -0.2) is 4.79 Å². The fraction of sp³-hybridized carbons (Fsp3) is 0.333. The average molecular weight is 341 g/mol. The maximum Gasteiger partial charge on any atom is 0.350 e. The van der Waals surface area contributed by atoms with E-state index in [4.69, 9.17) is 9.57 Å². The summed E-state index contributed by atoms with van der Waals surface area (Å²) in [5, 5.41) is 8.43. The molecular formula is C18H19N3O4. The molecule has 0 bridgehead atoms. The SMILES string of the molecule is CCOC(=O)C1ON=C(CNC(=O)c2nccc3ccccc23)C1C. The first kappa shape index (κ1) is 16.9. The number of carbonyl (C=O) groups is 2. The molecule has 1 aromatic carbocycles. The summed E-state index contributed by atoms with van der Waals surface area (Å²) in [5.41, 5.74) is 0.943. The summed E-state index contributed by atoms with van der Waals surface area (Å²) in [4.78, 5) is 33.6. The van der Waals surface area contributed by atoms with Gasteiger partial charge in [-0.15, -0.1) is 0 Å². The Morgan fingerprint density at radius 3 is 2.88 bits per heavy atom. The monoisotopic (exact) mass is 341 g/mol. The summed E-state index contributed by atoms with van der Waals surface area (Å²) in [7, 11) is 0. The van der Waals surface area contributed by atoms with Crippen molar-refractivity contribution in [2.75, 3.05) is 13.2 Å². The van der Waals surface area contributed by atoms with Gasteiger partial charge in [0.05, 0.1) is 24.8 Å². The number of hydrogen-bond acceptors (Lipinski definition) is 6. The van der Waals surface area contributed by atoms with Crippen LogP contribution in [0.15, 0.2) is 41.7 Å². The maximum atomic E-state index is 12.5. The van der Waals surface area contributed by atoms with E-state index in [0.717, 1.165) is 10.8 Å². The molecule has 2 atom stereocenters. The molecule has 1 N–H and O–H groups in total. The molecular weight excluding hydrogens is 322 g/mol. The zero-order chi connectivity index (χ0) is 17.8.